The monoisotopic (exact) mass is 438 g/mol. The standard InChI is InChI=1S/C24H27ClN4O2/c1-31-21-5-2-4-18(16-21)6-11-24(30)29-13-3-12-28(14-15-29)23-17-22(26-27-23)19-7-9-20(25)10-8-19/h2,4-5,7-10,16-17H,3,6,11-15H2,1H3,(H,26,27). The van der Waals surface area contributed by atoms with Crippen LogP contribution in [0.4, 0.5) is 5.82 Å². The molecule has 162 valence electrons. The number of hydrogen-bond acceptors (Lipinski definition) is 4. The quantitative estimate of drug-likeness (QED) is 0.619. The molecule has 0 radical (unpaired) electrons. The van der Waals surface area contributed by atoms with Gasteiger partial charge in [-0.3, -0.25) is 9.89 Å². The molecule has 1 aliphatic rings. The number of carbonyl (C=O) groups is 1. The molecular weight excluding hydrogens is 412 g/mol. The smallest absolute Gasteiger partial charge is 0.222 e. The maximum absolute atomic E-state index is 12.8. The van der Waals surface area contributed by atoms with Gasteiger partial charge in [0, 0.05) is 43.7 Å². The van der Waals surface area contributed by atoms with Gasteiger partial charge in [-0.25, -0.2) is 0 Å². The van der Waals surface area contributed by atoms with Crippen LogP contribution in [0.2, 0.25) is 5.02 Å². The molecule has 0 unspecified atom stereocenters. The number of methoxy groups -OCH3 is 1. The molecule has 0 spiro atoms. The van der Waals surface area contributed by atoms with E-state index in [2.05, 4.69) is 21.2 Å². The van der Waals surface area contributed by atoms with Crippen molar-refractivity contribution in [2.24, 2.45) is 0 Å². The van der Waals surface area contributed by atoms with Crippen molar-refractivity contribution in [3.8, 4) is 17.0 Å². The van der Waals surface area contributed by atoms with Crippen LogP contribution in [0.25, 0.3) is 11.3 Å². The lowest BCUT2D eigenvalue weighted by Crippen LogP contribution is -2.35. The summed E-state index contributed by atoms with van der Waals surface area (Å²) in [4.78, 5) is 17.0. The fourth-order valence-electron chi connectivity index (χ4n) is 3.88. The van der Waals surface area contributed by atoms with E-state index in [9.17, 15) is 4.79 Å². The predicted molar refractivity (Wildman–Crippen MR) is 124 cm³/mol. The molecule has 4 rings (SSSR count). The first-order valence-electron chi connectivity index (χ1n) is 10.6. The van der Waals surface area contributed by atoms with Gasteiger partial charge in [-0.05, 0) is 48.2 Å². The van der Waals surface area contributed by atoms with Crippen LogP contribution < -0.4 is 9.64 Å². The maximum Gasteiger partial charge on any atom is 0.222 e. The van der Waals surface area contributed by atoms with Gasteiger partial charge in [0.2, 0.25) is 5.91 Å². The summed E-state index contributed by atoms with van der Waals surface area (Å²) in [5.74, 6) is 1.94. The molecule has 6 nitrogen and oxygen atoms in total. The van der Waals surface area contributed by atoms with Gasteiger partial charge in [-0.15, -0.1) is 0 Å². The zero-order chi connectivity index (χ0) is 21.6. The summed E-state index contributed by atoms with van der Waals surface area (Å²) in [6, 6.07) is 17.7. The number of amides is 1. The third kappa shape index (κ3) is 5.39. The summed E-state index contributed by atoms with van der Waals surface area (Å²) >= 11 is 5.98. The Hall–Kier alpha value is -2.99. The first-order chi connectivity index (χ1) is 15.1. The van der Waals surface area contributed by atoms with Gasteiger partial charge in [0.1, 0.15) is 5.75 Å². The van der Waals surface area contributed by atoms with E-state index in [0.29, 0.717) is 18.0 Å². The number of aromatic amines is 1. The Bertz CT molecular complexity index is 1020. The highest BCUT2D eigenvalue weighted by molar-refractivity contribution is 6.30. The van der Waals surface area contributed by atoms with Crippen molar-refractivity contribution in [2.45, 2.75) is 19.3 Å². The minimum atomic E-state index is 0.202. The normalized spacial score (nSPS) is 14.4. The van der Waals surface area contributed by atoms with Gasteiger partial charge in [0.25, 0.3) is 0 Å². The van der Waals surface area contributed by atoms with Crippen LogP contribution in [0.5, 0.6) is 5.75 Å². The molecule has 1 amide bonds. The number of anilines is 1. The molecular formula is C24H27ClN4O2. The van der Waals surface area contributed by atoms with Gasteiger partial charge in [-0.1, -0.05) is 35.9 Å². The average molecular weight is 439 g/mol. The van der Waals surface area contributed by atoms with Gasteiger partial charge < -0.3 is 14.5 Å². The second kappa shape index (κ2) is 9.88. The summed E-state index contributed by atoms with van der Waals surface area (Å²) in [6.07, 6.45) is 2.16. The largest absolute Gasteiger partial charge is 0.497 e. The molecule has 2 heterocycles. The molecule has 1 aliphatic heterocycles. The van der Waals surface area contributed by atoms with Crippen LogP contribution in [0.15, 0.2) is 54.6 Å². The number of nitrogens with one attached hydrogen (secondary N) is 1. The van der Waals surface area contributed by atoms with Crippen LogP contribution in [0.1, 0.15) is 18.4 Å². The Morgan fingerprint density at radius 3 is 2.74 bits per heavy atom. The SMILES string of the molecule is COc1cccc(CCC(=O)N2CCCN(c3cc(-c4ccc(Cl)cc4)[nH]n3)CC2)c1. The van der Waals surface area contributed by atoms with Crippen LogP contribution in [-0.4, -0.2) is 54.3 Å². The average Bonchev–Trinajstić information content (AvgIpc) is 3.16. The number of rotatable bonds is 6. The Balaban J connectivity index is 1.33. The topological polar surface area (TPSA) is 61.5 Å². The van der Waals surface area contributed by atoms with E-state index >= 15 is 0 Å². The van der Waals surface area contributed by atoms with E-state index in [0.717, 1.165) is 60.9 Å². The van der Waals surface area contributed by atoms with E-state index in [4.69, 9.17) is 16.3 Å². The van der Waals surface area contributed by atoms with Crippen molar-refractivity contribution in [3.05, 3.63) is 65.2 Å². The number of halogens is 1. The molecule has 1 N–H and O–H groups in total. The van der Waals surface area contributed by atoms with Gasteiger partial charge in [0.05, 0.1) is 12.8 Å². The molecule has 0 aliphatic carbocycles. The molecule has 1 saturated heterocycles. The molecule has 1 fully saturated rings. The maximum atomic E-state index is 12.8. The van der Waals surface area contributed by atoms with E-state index in [-0.39, 0.29) is 5.91 Å². The summed E-state index contributed by atoms with van der Waals surface area (Å²) in [5, 5.41) is 8.33. The van der Waals surface area contributed by atoms with Crippen molar-refractivity contribution in [2.75, 3.05) is 38.2 Å². The van der Waals surface area contributed by atoms with E-state index in [1.807, 2.05) is 53.4 Å². The third-order valence-corrected chi connectivity index (χ3v) is 5.91. The Morgan fingerprint density at radius 1 is 1.10 bits per heavy atom. The number of carbonyl (C=O) groups excluding carboxylic acids is 1. The predicted octanol–water partition coefficient (Wildman–Crippen LogP) is 4.41. The number of aryl methyl sites for hydroxylation is 1. The molecule has 2 aromatic carbocycles. The van der Waals surface area contributed by atoms with Crippen LogP contribution in [-0.2, 0) is 11.2 Å². The number of nitrogens with zero attached hydrogens (tertiary/aromatic N) is 3. The van der Waals surface area contributed by atoms with E-state index < -0.39 is 0 Å². The Kier molecular flexibility index (Phi) is 6.77. The van der Waals surface area contributed by atoms with Crippen molar-refractivity contribution in [1.29, 1.82) is 0 Å². The van der Waals surface area contributed by atoms with Gasteiger partial charge >= 0.3 is 0 Å². The minimum Gasteiger partial charge on any atom is -0.497 e. The lowest BCUT2D eigenvalue weighted by molar-refractivity contribution is -0.130. The minimum absolute atomic E-state index is 0.202. The zero-order valence-electron chi connectivity index (χ0n) is 17.7. The van der Waals surface area contributed by atoms with Crippen molar-refractivity contribution >= 4 is 23.3 Å². The van der Waals surface area contributed by atoms with Gasteiger partial charge in [-0.2, -0.15) is 5.10 Å². The summed E-state index contributed by atoms with van der Waals surface area (Å²) in [6.45, 7) is 3.14. The molecule has 0 saturated carbocycles. The second-order valence-electron chi connectivity index (χ2n) is 7.72. The zero-order valence-corrected chi connectivity index (χ0v) is 18.4. The van der Waals surface area contributed by atoms with Crippen LogP contribution in [0.3, 0.4) is 0 Å². The molecule has 31 heavy (non-hydrogen) atoms. The van der Waals surface area contributed by atoms with Crippen LogP contribution >= 0.6 is 11.6 Å². The Morgan fingerprint density at radius 2 is 1.94 bits per heavy atom. The highest BCUT2D eigenvalue weighted by Crippen LogP contribution is 2.24. The molecule has 3 aromatic rings. The summed E-state index contributed by atoms with van der Waals surface area (Å²) in [5.41, 5.74) is 3.13. The van der Waals surface area contributed by atoms with Gasteiger partial charge in [0.15, 0.2) is 5.82 Å². The first-order valence-corrected chi connectivity index (χ1v) is 11.0. The lowest BCUT2D eigenvalue weighted by atomic mass is 10.1. The van der Waals surface area contributed by atoms with Crippen molar-refractivity contribution in [3.63, 3.8) is 0 Å². The summed E-state index contributed by atoms with van der Waals surface area (Å²) < 4.78 is 5.27. The number of benzene rings is 2. The molecule has 0 atom stereocenters. The molecule has 0 bridgehead atoms. The fourth-order valence-corrected chi connectivity index (χ4v) is 4.01. The van der Waals surface area contributed by atoms with Crippen LogP contribution in [0, 0.1) is 0 Å². The third-order valence-electron chi connectivity index (χ3n) is 5.65. The number of hydrogen-bond donors (Lipinski definition) is 1. The van der Waals surface area contributed by atoms with E-state index in [1.165, 1.54) is 0 Å². The molecule has 1 aromatic heterocycles. The highest BCUT2D eigenvalue weighted by atomic mass is 35.5. The molecule has 7 heteroatoms. The van der Waals surface area contributed by atoms with Crippen molar-refractivity contribution in [1.82, 2.24) is 15.1 Å². The van der Waals surface area contributed by atoms with Crippen molar-refractivity contribution < 1.29 is 9.53 Å². The van der Waals surface area contributed by atoms with E-state index in [1.54, 1.807) is 7.11 Å². The second-order valence-corrected chi connectivity index (χ2v) is 8.16. The fraction of sp³-hybridized carbons (Fsp3) is 0.333. The Labute approximate surface area is 187 Å². The number of ether oxygens (including phenoxy) is 1. The first kappa shape index (κ1) is 21.2. The lowest BCUT2D eigenvalue weighted by Gasteiger charge is -2.22. The number of H-pyrrole nitrogens is 1. The summed E-state index contributed by atoms with van der Waals surface area (Å²) in [7, 11) is 1.66. The number of aromatic nitrogens is 2. The highest BCUT2D eigenvalue weighted by Gasteiger charge is 2.20.